The van der Waals surface area contributed by atoms with E-state index in [-0.39, 0.29) is 11.8 Å². The summed E-state index contributed by atoms with van der Waals surface area (Å²) in [7, 11) is 1.82. The smallest absolute Gasteiger partial charge is 0.228 e. The molecular formula is C22H17N5OS. The minimum atomic E-state index is 0.0302. The Balaban J connectivity index is 1.59. The van der Waals surface area contributed by atoms with Crippen molar-refractivity contribution in [3.8, 4) is 11.8 Å². The summed E-state index contributed by atoms with van der Waals surface area (Å²) in [4.78, 5) is 25.4. The van der Waals surface area contributed by atoms with E-state index in [1.54, 1.807) is 23.7 Å². The third-order valence-electron chi connectivity index (χ3n) is 4.90. The van der Waals surface area contributed by atoms with E-state index in [1.807, 2.05) is 36.8 Å². The number of para-hydroxylation sites is 1. The van der Waals surface area contributed by atoms with Gasteiger partial charge in [-0.3, -0.25) is 4.79 Å². The maximum Gasteiger partial charge on any atom is 0.228 e. The van der Waals surface area contributed by atoms with Gasteiger partial charge in [0, 0.05) is 36.1 Å². The van der Waals surface area contributed by atoms with Crippen LogP contribution in [-0.2, 0) is 4.79 Å². The monoisotopic (exact) mass is 399 g/mol. The molecule has 142 valence electrons. The average Bonchev–Trinajstić information content (AvgIpc) is 3.49. The summed E-state index contributed by atoms with van der Waals surface area (Å²) < 4.78 is 1.11. The number of pyridine rings is 2. The molecule has 1 saturated carbocycles. The fraction of sp³-hybridized carbons (Fsp3) is 0.182. The number of thiazole rings is 1. The van der Waals surface area contributed by atoms with E-state index in [9.17, 15) is 4.79 Å². The Hall–Kier alpha value is -3.50. The minimum absolute atomic E-state index is 0.0302. The van der Waals surface area contributed by atoms with Crippen molar-refractivity contribution in [2.45, 2.75) is 12.8 Å². The molecule has 0 radical (unpaired) electrons. The number of fused-ring (bicyclic) bond motifs is 2. The molecule has 4 aromatic rings. The average molecular weight is 399 g/mol. The second-order valence-corrected chi connectivity index (χ2v) is 7.79. The van der Waals surface area contributed by atoms with Crippen LogP contribution >= 0.6 is 11.3 Å². The van der Waals surface area contributed by atoms with Crippen LogP contribution in [0.1, 0.15) is 24.0 Å². The Kier molecular flexibility index (Phi) is 4.34. The molecular weight excluding hydrogens is 382 g/mol. The van der Waals surface area contributed by atoms with Crippen molar-refractivity contribution in [2.24, 2.45) is 5.92 Å². The first-order valence-corrected chi connectivity index (χ1v) is 10.2. The van der Waals surface area contributed by atoms with Crippen molar-refractivity contribution in [3.05, 3.63) is 53.3 Å². The van der Waals surface area contributed by atoms with Crippen LogP contribution in [0.3, 0.4) is 0 Å². The molecule has 0 atom stereocenters. The number of aromatic nitrogens is 3. The summed E-state index contributed by atoms with van der Waals surface area (Å²) in [5.41, 5.74) is 4.39. The summed E-state index contributed by atoms with van der Waals surface area (Å²) in [5.74, 6) is 7.88. The number of nitrogens with one attached hydrogen (secondary N) is 2. The van der Waals surface area contributed by atoms with Gasteiger partial charge in [-0.1, -0.05) is 17.9 Å². The standard InChI is InChI=1S/C22H17N5OS/c1-23-21-17-11-24-19(27-22(28)14-6-7-14)9-16(17)15(10-25-21)8-5-13-3-2-4-18-20(13)26-12-29-18/h2-4,9-12,14H,6-7H2,1H3,(H,23,25)(H,24,27,28). The molecule has 3 heterocycles. The van der Waals surface area contributed by atoms with Gasteiger partial charge >= 0.3 is 0 Å². The van der Waals surface area contributed by atoms with Gasteiger partial charge in [0.2, 0.25) is 5.91 Å². The fourth-order valence-electron chi connectivity index (χ4n) is 3.20. The number of hydrogen-bond acceptors (Lipinski definition) is 6. The van der Waals surface area contributed by atoms with Crippen LogP contribution in [-0.4, -0.2) is 27.9 Å². The first kappa shape index (κ1) is 17.6. The number of benzene rings is 1. The van der Waals surface area contributed by atoms with Gasteiger partial charge < -0.3 is 10.6 Å². The highest BCUT2D eigenvalue weighted by Gasteiger charge is 2.29. The van der Waals surface area contributed by atoms with Gasteiger partial charge in [-0.15, -0.1) is 11.3 Å². The van der Waals surface area contributed by atoms with E-state index in [1.165, 1.54) is 0 Å². The Morgan fingerprint density at radius 1 is 1.10 bits per heavy atom. The van der Waals surface area contributed by atoms with Crippen LogP contribution < -0.4 is 10.6 Å². The Bertz CT molecular complexity index is 1310. The fourth-order valence-corrected chi connectivity index (χ4v) is 3.90. The van der Waals surface area contributed by atoms with E-state index < -0.39 is 0 Å². The lowest BCUT2D eigenvalue weighted by Crippen LogP contribution is -2.14. The Labute approximate surface area is 171 Å². The minimum Gasteiger partial charge on any atom is -0.373 e. The largest absolute Gasteiger partial charge is 0.373 e. The summed E-state index contributed by atoms with van der Waals surface area (Å²) in [6, 6.07) is 7.86. The van der Waals surface area contributed by atoms with E-state index in [0.29, 0.717) is 5.82 Å². The van der Waals surface area contributed by atoms with Gasteiger partial charge in [-0.2, -0.15) is 0 Å². The molecule has 0 saturated heterocycles. The third kappa shape index (κ3) is 3.39. The van der Waals surface area contributed by atoms with Crippen LogP contribution in [0.15, 0.2) is 42.2 Å². The summed E-state index contributed by atoms with van der Waals surface area (Å²) in [6.07, 6.45) is 5.37. The van der Waals surface area contributed by atoms with Crippen molar-refractivity contribution in [1.29, 1.82) is 0 Å². The lowest BCUT2D eigenvalue weighted by atomic mass is 10.1. The number of rotatable bonds is 3. The van der Waals surface area contributed by atoms with Crippen molar-refractivity contribution < 1.29 is 4.79 Å². The zero-order valence-electron chi connectivity index (χ0n) is 15.7. The first-order valence-electron chi connectivity index (χ1n) is 9.34. The number of amides is 1. The van der Waals surface area contributed by atoms with Gasteiger partial charge in [0.05, 0.1) is 26.9 Å². The maximum absolute atomic E-state index is 12.1. The third-order valence-corrected chi connectivity index (χ3v) is 5.69. The van der Waals surface area contributed by atoms with E-state index in [0.717, 1.165) is 50.8 Å². The van der Waals surface area contributed by atoms with Crippen molar-refractivity contribution in [3.63, 3.8) is 0 Å². The molecule has 2 N–H and O–H groups in total. The van der Waals surface area contributed by atoms with Crippen molar-refractivity contribution >= 4 is 49.9 Å². The highest BCUT2D eigenvalue weighted by molar-refractivity contribution is 7.16. The molecule has 0 aliphatic heterocycles. The molecule has 1 amide bonds. The number of anilines is 2. The zero-order valence-corrected chi connectivity index (χ0v) is 16.5. The predicted molar refractivity (Wildman–Crippen MR) is 116 cm³/mol. The van der Waals surface area contributed by atoms with Crippen LogP contribution in [0.4, 0.5) is 11.6 Å². The number of carbonyl (C=O) groups excluding carboxylic acids is 1. The van der Waals surface area contributed by atoms with Crippen molar-refractivity contribution in [1.82, 2.24) is 15.0 Å². The van der Waals surface area contributed by atoms with E-state index >= 15 is 0 Å². The second kappa shape index (κ2) is 7.15. The molecule has 1 fully saturated rings. The van der Waals surface area contributed by atoms with Crippen LogP contribution in [0, 0.1) is 17.8 Å². The summed E-state index contributed by atoms with van der Waals surface area (Å²) in [5, 5.41) is 7.74. The molecule has 0 bridgehead atoms. The quantitative estimate of drug-likeness (QED) is 0.509. The van der Waals surface area contributed by atoms with Gasteiger partial charge in [-0.05, 0) is 31.0 Å². The number of nitrogens with zero attached hydrogens (tertiary/aromatic N) is 3. The van der Waals surface area contributed by atoms with E-state index in [4.69, 9.17) is 0 Å². The molecule has 0 spiro atoms. The highest BCUT2D eigenvalue weighted by atomic mass is 32.1. The molecule has 1 aliphatic rings. The lowest BCUT2D eigenvalue weighted by molar-refractivity contribution is -0.117. The molecule has 29 heavy (non-hydrogen) atoms. The molecule has 3 aromatic heterocycles. The summed E-state index contributed by atoms with van der Waals surface area (Å²) >= 11 is 1.60. The van der Waals surface area contributed by atoms with Gasteiger partial charge in [0.1, 0.15) is 11.6 Å². The topological polar surface area (TPSA) is 79.8 Å². The Morgan fingerprint density at radius 3 is 2.79 bits per heavy atom. The van der Waals surface area contributed by atoms with Crippen LogP contribution in [0.25, 0.3) is 21.0 Å². The second-order valence-electron chi connectivity index (χ2n) is 6.90. The highest BCUT2D eigenvalue weighted by Crippen LogP contribution is 2.31. The SMILES string of the molecule is CNc1ncc(C#Cc2cccc3scnc23)c2cc(NC(=O)C3CC3)ncc12. The number of carbonyl (C=O) groups is 1. The van der Waals surface area contributed by atoms with Crippen molar-refractivity contribution in [2.75, 3.05) is 17.7 Å². The molecule has 5 rings (SSSR count). The van der Waals surface area contributed by atoms with Gasteiger partial charge in [0.15, 0.2) is 0 Å². The first-order chi connectivity index (χ1) is 14.2. The molecule has 6 nitrogen and oxygen atoms in total. The van der Waals surface area contributed by atoms with Crippen LogP contribution in [0.2, 0.25) is 0 Å². The zero-order chi connectivity index (χ0) is 19.8. The molecule has 1 aliphatic carbocycles. The predicted octanol–water partition coefficient (Wildman–Crippen LogP) is 4.03. The maximum atomic E-state index is 12.1. The van der Waals surface area contributed by atoms with Gasteiger partial charge in [-0.25, -0.2) is 15.0 Å². The lowest BCUT2D eigenvalue weighted by Gasteiger charge is -2.09. The van der Waals surface area contributed by atoms with Gasteiger partial charge in [0.25, 0.3) is 0 Å². The Morgan fingerprint density at radius 2 is 1.97 bits per heavy atom. The summed E-state index contributed by atoms with van der Waals surface area (Å²) in [6.45, 7) is 0. The van der Waals surface area contributed by atoms with Crippen LogP contribution in [0.5, 0.6) is 0 Å². The van der Waals surface area contributed by atoms with E-state index in [2.05, 4.69) is 37.4 Å². The molecule has 7 heteroatoms. The molecule has 0 unspecified atom stereocenters. The molecule has 1 aromatic carbocycles. The normalized spacial score (nSPS) is 13.1. The number of hydrogen-bond donors (Lipinski definition) is 2.